The van der Waals surface area contributed by atoms with Gasteiger partial charge in [-0.3, -0.25) is 9.20 Å². The molecule has 0 saturated carbocycles. The average Bonchev–Trinajstić information content (AvgIpc) is 3.36. The zero-order chi connectivity index (χ0) is 22.7. The highest BCUT2D eigenvalue weighted by atomic mass is 19.4. The van der Waals surface area contributed by atoms with E-state index < -0.39 is 24.8 Å². The van der Waals surface area contributed by atoms with Crippen molar-refractivity contribution in [2.45, 2.75) is 25.4 Å². The van der Waals surface area contributed by atoms with Gasteiger partial charge in [-0.25, -0.2) is 9.97 Å². The van der Waals surface area contributed by atoms with Crippen molar-refractivity contribution >= 4 is 23.6 Å². The lowest BCUT2D eigenvalue weighted by atomic mass is 10.0. The Labute approximate surface area is 182 Å². The molecule has 0 atom stereocenters. The van der Waals surface area contributed by atoms with Gasteiger partial charge in [-0.05, 0) is 35.4 Å². The maximum Gasteiger partial charge on any atom is 0.389 e. The van der Waals surface area contributed by atoms with Crippen molar-refractivity contribution in [3.8, 4) is 11.3 Å². The number of aryl methyl sites for hydroxylation is 1. The maximum atomic E-state index is 12.3. The zero-order valence-electron chi connectivity index (χ0n) is 17.4. The van der Waals surface area contributed by atoms with Crippen LogP contribution in [0, 0.1) is 0 Å². The quantitative estimate of drug-likeness (QED) is 0.390. The number of ketones is 1. The van der Waals surface area contributed by atoms with Gasteiger partial charge in [0.1, 0.15) is 11.4 Å². The van der Waals surface area contributed by atoms with Crippen LogP contribution in [0.5, 0.6) is 0 Å². The third kappa shape index (κ3) is 5.14. The van der Waals surface area contributed by atoms with Crippen molar-refractivity contribution < 1.29 is 18.0 Å². The summed E-state index contributed by atoms with van der Waals surface area (Å²) >= 11 is 0. The largest absolute Gasteiger partial charge is 0.389 e. The van der Waals surface area contributed by atoms with Crippen LogP contribution in [0.1, 0.15) is 29.7 Å². The number of carbonyl (C=O) groups excluding carboxylic acids is 1. The highest BCUT2D eigenvalue weighted by molar-refractivity contribution is 5.81. The van der Waals surface area contributed by atoms with E-state index in [4.69, 9.17) is 0 Å². The first-order valence-corrected chi connectivity index (χ1v) is 10.1. The fourth-order valence-corrected chi connectivity index (χ4v) is 3.46. The van der Waals surface area contributed by atoms with Gasteiger partial charge in [0.2, 0.25) is 0 Å². The van der Waals surface area contributed by atoms with Crippen LogP contribution in [0.4, 0.5) is 13.2 Å². The second-order valence-corrected chi connectivity index (χ2v) is 7.63. The Hall–Kier alpha value is -3.68. The molecule has 0 aliphatic carbocycles. The predicted molar refractivity (Wildman–Crippen MR) is 117 cm³/mol. The molecule has 164 valence electrons. The zero-order valence-corrected chi connectivity index (χ0v) is 17.4. The molecular weight excluding hydrogens is 417 g/mol. The molecule has 8 heteroatoms. The lowest BCUT2D eigenvalue weighted by Gasteiger charge is -2.07. The molecule has 0 aliphatic rings. The minimum atomic E-state index is -4.32. The molecule has 0 N–H and O–H groups in total. The summed E-state index contributed by atoms with van der Waals surface area (Å²) in [6.07, 6.45) is 5.21. The molecule has 0 unspecified atom stereocenters. The number of hydrogen-bond acceptors (Lipinski definition) is 3. The van der Waals surface area contributed by atoms with Gasteiger partial charge in [0, 0.05) is 31.6 Å². The molecule has 0 bridgehead atoms. The topological polar surface area (TPSA) is 52.2 Å². The minimum absolute atomic E-state index is 0.0242. The molecule has 0 radical (unpaired) electrons. The lowest BCUT2D eigenvalue weighted by molar-refractivity contribution is -0.143. The Morgan fingerprint density at radius 1 is 1.12 bits per heavy atom. The van der Waals surface area contributed by atoms with Crippen LogP contribution in [0.3, 0.4) is 0 Å². The van der Waals surface area contributed by atoms with E-state index in [1.165, 1.54) is 0 Å². The molecule has 0 spiro atoms. The number of fused-ring (bicyclic) bond motifs is 1. The van der Waals surface area contributed by atoms with Crippen molar-refractivity contribution in [3.63, 3.8) is 0 Å². The molecule has 5 nitrogen and oxygen atoms in total. The van der Waals surface area contributed by atoms with E-state index in [9.17, 15) is 18.0 Å². The summed E-state index contributed by atoms with van der Waals surface area (Å²) < 4.78 is 40.9. The number of aromatic nitrogens is 4. The Bertz CT molecular complexity index is 1280. The van der Waals surface area contributed by atoms with E-state index in [2.05, 4.69) is 9.97 Å². The number of carbonyl (C=O) groups is 1. The van der Waals surface area contributed by atoms with Gasteiger partial charge in [0.05, 0.1) is 36.5 Å². The van der Waals surface area contributed by atoms with Crippen LogP contribution in [-0.4, -0.2) is 30.9 Å². The van der Waals surface area contributed by atoms with Crippen molar-refractivity contribution in [3.05, 3.63) is 78.1 Å². The maximum absolute atomic E-state index is 12.3. The molecule has 3 heterocycles. The summed E-state index contributed by atoms with van der Waals surface area (Å²) in [6.45, 7) is 0. The molecule has 0 fully saturated rings. The Kier molecular flexibility index (Phi) is 5.94. The van der Waals surface area contributed by atoms with E-state index in [1.54, 1.807) is 30.9 Å². The third-order valence-corrected chi connectivity index (χ3v) is 5.15. The summed E-state index contributed by atoms with van der Waals surface area (Å²) in [5, 5.41) is 0. The molecular formula is C24H21F3N4O. The highest BCUT2D eigenvalue weighted by Crippen LogP contribution is 2.25. The Morgan fingerprint density at radius 3 is 2.72 bits per heavy atom. The van der Waals surface area contributed by atoms with Gasteiger partial charge < -0.3 is 4.57 Å². The number of benzene rings is 1. The molecule has 3 aromatic heterocycles. The second-order valence-electron chi connectivity index (χ2n) is 7.63. The van der Waals surface area contributed by atoms with Gasteiger partial charge in [0.25, 0.3) is 0 Å². The number of Topliss-reactive ketones (excluding diaryl/α,β-unsaturated/α-hetero) is 1. The first-order valence-electron chi connectivity index (χ1n) is 10.1. The fourth-order valence-electron chi connectivity index (χ4n) is 3.46. The SMILES string of the molecule is Cn1cncc1/C=C\c1ccn2c(-c3cccc(CC(=O)CCC(F)(F)F)c3)cnc2c1. The number of hydrogen-bond donors (Lipinski definition) is 0. The first-order chi connectivity index (χ1) is 15.3. The van der Waals surface area contributed by atoms with Gasteiger partial charge in [-0.1, -0.05) is 24.3 Å². The number of nitrogens with zero attached hydrogens (tertiary/aromatic N) is 4. The molecule has 0 aliphatic heterocycles. The molecule has 0 amide bonds. The van der Waals surface area contributed by atoms with Gasteiger partial charge in [0.15, 0.2) is 0 Å². The van der Waals surface area contributed by atoms with Crippen LogP contribution < -0.4 is 0 Å². The van der Waals surface area contributed by atoms with Crippen LogP contribution >= 0.6 is 0 Å². The number of pyridine rings is 1. The monoisotopic (exact) mass is 438 g/mol. The third-order valence-electron chi connectivity index (χ3n) is 5.15. The van der Waals surface area contributed by atoms with Gasteiger partial charge >= 0.3 is 6.18 Å². The average molecular weight is 438 g/mol. The first kappa shape index (κ1) is 21.5. The number of imidazole rings is 2. The normalized spacial score (nSPS) is 12.1. The van der Waals surface area contributed by atoms with E-state index >= 15 is 0 Å². The minimum Gasteiger partial charge on any atom is -0.334 e. The van der Waals surface area contributed by atoms with Crippen molar-refractivity contribution in [2.24, 2.45) is 7.05 Å². The summed E-state index contributed by atoms with van der Waals surface area (Å²) in [6, 6.07) is 11.2. The molecule has 32 heavy (non-hydrogen) atoms. The predicted octanol–water partition coefficient (Wildman–Crippen LogP) is 5.36. The van der Waals surface area contributed by atoms with Crippen molar-refractivity contribution in [2.75, 3.05) is 0 Å². The summed E-state index contributed by atoms with van der Waals surface area (Å²) in [4.78, 5) is 20.5. The second kappa shape index (κ2) is 8.82. The van der Waals surface area contributed by atoms with Crippen LogP contribution in [0.15, 0.2) is 61.3 Å². The van der Waals surface area contributed by atoms with Gasteiger partial charge in [-0.2, -0.15) is 13.2 Å². The van der Waals surface area contributed by atoms with Crippen LogP contribution in [-0.2, 0) is 18.3 Å². The fraction of sp³-hybridized carbons (Fsp3) is 0.208. The van der Waals surface area contributed by atoms with E-state index in [0.29, 0.717) is 5.56 Å². The molecule has 4 aromatic rings. The summed E-state index contributed by atoms with van der Waals surface area (Å²) in [5.74, 6) is -0.428. The smallest absolute Gasteiger partial charge is 0.334 e. The highest BCUT2D eigenvalue weighted by Gasteiger charge is 2.27. The van der Waals surface area contributed by atoms with E-state index in [0.717, 1.165) is 28.2 Å². The summed E-state index contributed by atoms with van der Waals surface area (Å²) in [7, 11) is 1.93. The van der Waals surface area contributed by atoms with Gasteiger partial charge in [-0.15, -0.1) is 0 Å². The van der Waals surface area contributed by atoms with Crippen LogP contribution in [0.2, 0.25) is 0 Å². The van der Waals surface area contributed by atoms with E-state index in [1.807, 2.05) is 58.6 Å². The van der Waals surface area contributed by atoms with Crippen molar-refractivity contribution in [1.82, 2.24) is 18.9 Å². The Morgan fingerprint density at radius 2 is 1.97 bits per heavy atom. The summed E-state index contributed by atoms with van der Waals surface area (Å²) in [5.41, 5.74) is 5.10. The standard InChI is InChI=1S/C24H21F3N4O/c1-30-16-28-14-20(30)6-5-17-8-10-31-22(15-29-23(31)13-17)19-4-2-3-18(11-19)12-21(32)7-9-24(25,26)27/h2-6,8,10-11,13-16H,7,9,12H2,1H3/b6-5-. The van der Waals surface area contributed by atoms with E-state index in [-0.39, 0.29) is 6.42 Å². The number of halogens is 3. The number of alkyl halides is 3. The lowest BCUT2D eigenvalue weighted by Crippen LogP contribution is -2.12. The Balaban J connectivity index is 1.52. The van der Waals surface area contributed by atoms with Crippen molar-refractivity contribution in [1.29, 1.82) is 0 Å². The number of rotatable bonds is 7. The molecule has 1 aromatic carbocycles. The van der Waals surface area contributed by atoms with Crippen LogP contribution in [0.25, 0.3) is 29.1 Å². The molecule has 4 rings (SSSR count). The molecule has 0 saturated heterocycles.